The van der Waals surface area contributed by atoms with Gasteiger partial charge in [0.05, 0.1) is 7.11 Å². The Labute approximate surface area is 447 Å². The predicted octanol–water partition coefficient (Wildman–Crippen LogP) is 19.9. The maximum absolute atomic E-state index is 5.73. The van der Waals surface area contributed by atoms with Crippen molar-refractivity contribution in [2.75, 3.05) is 12.0 Å². The van der Waals surface area contributed by atoms with Crippen LogP contribution in [0.5, 0.6) is 5.75 Å². The van der Waals surface area contributed by atoms with Gasteiger partial charge in [-0.05, 0) is 186 Å². The molecule has 2 nitrogen and oxygen atoms in total. The first kappa shape index (κ1) is 47.7. The maximum atomic E-state index is 5.73. The summed E-state index contributed by atoms with van der Waals surface area (Å²) in [5.41, 5.74) is 19.6. The van der Waals surface area contributed by atoms with Crippen molar-refractivity contribution in [3.05, 3.63) is 311 Å². The third-order valence-corrected chi connectivity index (χ3v) is 15.1. The van der Waals surface area contributed by atoms with Crippen molar-refractivity contribution in [3.63, 3.8) is 0 Å². The molecule has 0 aliphatic heterocycles. The van der Waals surface area contributed by atoms with Crippen molar-refractivity contribution < 1.29 is 4.74 Å². The fourth-order valence-electron chi connectivity index (χ4n) is 11.3. The van der Waals surface area contributed by atoms with Gasteiger partial charge >= 0.3 is 0 Å². The van der Waals surface area contributed by atoms with Gasteiger partial charge in [-0.3, -0.25) is 0 Å². The van der Waals surface area contributed by atoms with Gasteiger partial charge in [0.25, 0.3) is 0 Å². The highest BCUT2D eigenvalue weighted by atomic mass is 16.5. The van der Waals surface area contributed by atoms with E-state index >= 15 is 0 Å². The third kappa shape index (κ3) is 9.94. The zero-order chi connectivity index (χ0) is 51.2. The lowest BCUT2D eigenvalue weighted by molar-refractivity contribution is 0.420. The van der Waals surface area contributed by atoms with Crippen LogP contribution < -0.4 is 9.64 Å². The molecule has 0 N–H and O–H groups in total. The second-order valence-corrected chi connectivity index (χ2v) is 19.9. The maximum Gasteiger partial charge on any atom is 0.126 e. The van der Waals surface area contributed by atoms with Gasteiger partial charge in [-0.25, -0.2) is 0 Å². The summed E-state index contributed by atoms with van der Waals surface area (Å²) in [6.45, 7) is 2.22. The summed E-state index contributed by atoms with van der Waals surface area (Å²) in [5.74, 6) is 0.879. The third-order valence-electron chi connectivity index (χ3n) is 15.1. The monoisotopic (exact) mass is 977 g/mol. The quantitative estimate of drug-likeness (QED) is 0.107. The molecule has 11 aromatic carbocycles. The number of benzene rings is 11. The molecule has 366 valence electrons. The summed E-state index contributed by atoms with van der Waals surface area (Å²) in [6.07, 6.45) is 15.7. The van der Waals surface area contributed by atoms with E-state index in [0.29, 0.717) is 0 Å². The normalized spacial score (nSPS) is 12.6. The number of fused-ring (bicyclic) bond motifs is 4. The molecule has 0 saturated heterocycles. The van der Waals surface area contributed by atoms with Crippen molar-refractivity contribution in [2.45, 2.75) is 32.6 Å². The Morgan fingerprint density at radius 2 is 1.03 bits per heavy atom. The average Bonchev–Trinajstić information content (AvgIpc) is 3.48. The smallest absolute Gasteiger partial charge is 0.126 e. The Hall–Kier alpha value is -9.24. The van der Waals surface area contributed by atoms with Gasteiger partial charge in [0.2, 0.25) is 0 Å². The van der Waals surface area contributed by atoms with E-state index in [1.54, 1.807) is 7.11 Å². The first-order chi connectivity index (χ1) is 37.5. The standard InChI is InChI=1S/C74H59NO/c1-52(74(57-21-5-3-6-22-57)58-23-7-4-8-24-58)34-35-54-38-45-65(46-39-54)75(66-50-61-26-12-14-30-69(61)72(51-66)71-32-16-27-56-20-11-13-29-68(56)71)64-43-36-53(37-44-64)18-15-31-67(62-41-40-55-19-9-10-25-59(55)48-62)63-42-47-70-60(49-63)28-17-33-73(70)76-2/h3-11,13,15-25,27-29,31-51H,12,14,26,30H2,1-2H3. The Morgan fingerprint density at radius 1 is 0.434 bits per heavy atom. The summed E-state index contributed by atoms with van der Waals surface area (Å²) in [7, 11) is 1.74. The van der Waals surface area contributed by atoms with Crippen molar-refractivity contribution in [3.8, 4) is 16.9 Å². The summed E-state index contributed by atoms with van der Waals surface area (Å²) in [6, 6.07) is 88.3. The first-order valence-electron chi connectivity index (χ1n) is 26.6. The lowest BCUT2D eigenvalue weighted by Gasteiger charge is -2.29. The van der Waals surface area contributed by atoms with Crippen molar-refractivity contribution in [1.29, 1.82) is 0 Å². The van der Waals surface area contributed by atoms with Crippen LogP contribution in [0.1, 0.15) is 64.3 Å². The van der Waals surface area contributed by atoms with Crippen LogP contribution in [-0.4, -0.2) is 7.11 Å². The molecule has 0 heterocycles. The molecule has 11 aromatic rings. The molecule has 0 radical (unpaired) electrons. The van der Waals surface area contributed by atoms with E-state index in [1.807, 2.05) is 6.07 Å². The van der Waals surface area contributed by atoms with Gasteiger partial charge in [0, 0.05) is 22.4 Å². The topological polar surface area (TPSA) is 12.5 Å². The lowest BCUT2D eigenvalue weighted by Crippen LogP contribution is -2.13. The summed E-state index contributed by atoms with van der Waals surface area (Å²) >= 11 is 0. The molecule has 0 spiro atoms. The second-order valence-electron chi connectivity index (χ2n) is 19.9. The minimum Gasteiger partial charge on any atom is -0.496 e. The number of hydrogen-bond acceptors (Lipinski definition) is 2. The molecule has 0 fully saturated rings. The Morgan fingerprint density at radius 3 is 1.75 bits per heavy atom. The highest BCUT2D eigenvalue weighted by Gasteiger charge is 2.22. The van der Waals surface area contributed by atoms with Gasteiger partial charge in [-0.2, -0.15) is 0 Å². The predicted molar refractivity (Wildman–Crippen MR) is 325 cm³/mol. The molecule has 76 heavy (non-hydrogen) atoms. The molecule has 0 atom stereocenters. The Kier molecular flexibility index (Phi) is 13.6. The van der Waals surface area contributed by atoms with Gasteiger partial charge in [0.15, 0.2) is 0 Å². The molecule has 1 aliphatic rings. The fourth-order valence-corrected chi connectivity index (χ4v) is 11.3. The summed E-state index contributed by atoms with van der Waals surface area (Å²) < 4.78 is 5.73. The molecule has 1 aliphatic carbocycles. The highest BCUT2D eigenvalue weighted by molar-refractivity contribution is 5.99. The average molecular weight is 978 g/mol. The Balaban J connectivity index is 0.926. The molecule has 12 rings (SSSR count). The van der Waals surface area contributed by atoms with Gasteiger partial charge in [0.1, 0.15) is 5.75 Å². The number of allylic oxidation sites excluding steroid dienone is 4. The zero-order valence-electron chi connectivity index (χ0n) is 43.2. The summed E-state index contributed by atoms with van der Waals surface area (Å²) in [5, 5.41) is 7.25. The van der Waals surface area contributed by atoms with Crippen molar-refractivity contribution in [2.24, 2.45) is 0 Å². The number of hydrogen-bond donors (Lipinski definition) is 0. The zero-order valence-corrected chi connectivity index (χ0v) is 43.2. The van der Waals surface area contributed by atoms with Crippen LogP contribution in [-0.2, 0) is 12.8 Å². The number of anilines is 3. The largest absolute Gasteiger partial charge is 0.496 e. The SMILES string of the molecule is COc1cccc2cc(C(=CC=Cc3ccc(N(c4ccc(C=CC(C)=C(c5ccccc5)c5ccccc5)cc4)c4cc5c(c(-c6cccc7ccccc67)c4)CCCC5)cc3)c3ccc4ccccc4c3)ccc12. The van der Waals surface area contributed by atoms with Crippen LogP contribution in [0.15, 0.2) is 266 Å². The molecule has 0 unspecified atom stereocenters. The van der Waals surface area contributed by atoms with Crippen LogP contribution >= 0.6 is 0 Å². The number of rotatable bonds is 13. The van der Waals surface area contributed by atoms with Gasteiger partial charge in [-0.1, -0.05) is 218 Å². The molecular weight excluding hydrogens is 919 g/mol. The van der Waals surface area contributed by atoms with Crippen LogP contribution in [0.4, 0.5) is 17.1 Å². The van der Waals surface area contributed by atoms with Gasteiger partial charge in [-0.15, -0.1) is 0 Å². The van der Waals surface area contributed by atoms with E-state index in [2.05, 4.69) is 279 Å². The molecule has 0 saturated carbocycles. The van der Waals surface area contributed by atoms with Crippen LogP contribution in [0.2, 0.25) is 0 Å². The minimum absolute atomic E-state index is 0.879. The van der Waals surface area contributed by atoms with E-state index < -0.39 is 0 Å². The number of ether oxygens (including phenoxy) is 1. The minimum atomic E-state index is 0.879. The van der Waals surface area contributed by atoms with E-state index in [1.165, 1.54) is 90.2 Å². The van der Waals surface area contributed by atoms with Crippen LogP contribution in [0, 0.1) is 0 Å². The van der Waals surface area contributed by atoms with Crippen LogP contribution in [0.3, 0.4) is 0 Å². The summed E-state index contributed by atoms with van der Waals surface area (Å²) in [4.78, 5) is 2.45. The molecule has 0 bridgehead atoms. The Bertz CT molecular complexity index is 3960. The second kappa shape index (κ2) is 21.7. The van der Waals surface area contributed by atoms with E-state index in [9.17, 15) is 0 Å². The molecular formula is C74H59NO. The number of methoxy groups -OCH3 is 1. The van der Waals surface area contributed by atoms with E-state index in [-0.39, 0.29) is 0 Å². The van der Waals surface area contributed by atoms with Crippen LogP contribution in [0.25, 0.3) is 66.7 Å². The fraction of sp³-hybridized carbons (Fsp3) is 0.0811. The molecule has 2 heteroatoms. The van der Waals surface area contributed by atoms with E-state index in [4.69, 9.17) is 4.74 Å². The lowest BCUT2D eigenvalue weighted by atomic mass is 9.84. The molecule has 0 aromatic heterocycles. The van der Waals surface area contributed by atoms with Crippen molar-refractivity contribution >= 4 is 72.7 Å². The van der Waals surface area contributed by atoms with E-state index in [0.717, 1.165) is 63.0 Å². The first-order valence-corrected chi connectivity index (χ1v) is 26.6. The van der Waals surface area contributed by atoms with Gasteiger partial charge < -0.3 is 9.64 Å². The highest BCUT2D eigenvalue weighted by Crippen LogP contribution is 2.43. The number of nitrogens with zero attached hydrogens (tertiary/aromatic N) is 1. The molecule has 0 amide bonds. The number of aryl methyl sites for hydroxylation is 1. The van der Waals surface area contributed by atoms with Crippen molar-refractivity contribution in [1.82, 2.24) is 0 Å².